The molecule has 3 rings (SSSR count). The number of fused-ring (bicyclic) bond motifs is 1. The number of rotatable bonds is 4. The third kappa shape index (κ3) is 2.33. The molecule has 0 N–H and O–H groups in total. The number of hydrogen-bond acceptors (Lipinski definition) is 5. The van der Waals surface area contributed by atoms with Gasteiger partial charge in [0.15, 0.2) is 5.75 Å². The molecule has 0 unspecified atom stereocenters. The molecule has 1 aromatic heterocycles. The topological polar surface area (TPSA) is 91.4 Å². The molecule has 0 aliphatic carbocycles. The normalized spacial score (nSPS) is 11.5. The molecule has 1 heterocycles. The van der Waals surface area contributed by atoms with Crippen molar-refractivity contribution in [2.45, 2.75) is 4.90 Å². The predicted octanol–water partition coefficient (Wildman–Crippen LogP) is 2.80. The highest BCUT2D eigenvalue weighted by Crippen LogP contribution is 2.37. The van der Waals surface area contributed by atoms with E-state index < -0.39 is 14.9 Å². The van der Waals surface area contributed by atoms with Crippen molar-refractivity contribution in [3.8, 4) is 5.75 Å². The van der Waals surface area contributed by atoms with Gasteiger partial charge in [-0.25, -0.2) is 12.4 Å². The van der Waals surface area contributed by atoms with Crippen LogP contribution >= 0.6 is 0 Å². The Morgan fingerprint density at radius 3 is 2.39 bits per heavy atom. The molecule has 3 aromatic rings. The van der Waals surface area contributed by atoms with E-state index in [0.29, 0.717) is 5.39 Å². The summed E-state index contributed by atoms with van der Waals surface area (Å²) in [4.78, 5) is 10.8. The quantitative estimate of drug-likeness (QED) is 0.541. The Hall–Kier alpha value is -2.87. The second kappa shape index (κ2) is 5.40. The molecule has 0 aliphatic heterocycles. The van der Waals surface area contributed by atoms with Crippen LogP contribution in [0.4, 0.5) is 5.69 Å². The fraction of sp³-hybridized carbons (Fsp3) is 0.0667. The fourth-order valence-electron chi connectivity index (χ4n) is 2.41. The summed E-state index contributed by atoms with van der Waals surface area (Å²) in [5, 5.41) is 11.9. The molecule has 0 fully saturated rings. The van der Waals surface area contributed by atoms with E-state index in [-0.39, 0.29) is 21.8 Å². The number of nitro benzene ring substituents is 1. The van der Waals surface area contributed by atoms with Crippen LogP contribution in [-0.2, 0) is 10.0 Å². The molecule has 0 spiro atoms. The summed E-state index contributed by atoms with van der Waals surface area (Å²) < 4.78 is 31.5. The van der Waals surface area contributed by atoms with Crippen LogP contribution in [0.2, 0.25) is 0 Å². The van der Waals surface area contributed by atoms with Gasteiger partial charge < -0.3 is 4.74 Å². The lowest BCUT2D eigenvalue weighted by atomic mass is 10.2. The minimum atomic E-state index is -3.95. The van der Waals surface area contributed by atoms with Crippen LogP contribution < -0.4 is 4.74 Å². The van der Waals surface area contributed by atoms with Gasteiger partial charge in [0.2, 0.25) is 0 Å². The molecule has 2 aromatic carbocycles. The molecule has 0 amide bonds. The van der Waals surface area contributed by atoms with Gasteiger partial charge >= 0.3 is 5.69 Å². The summed E-state index contributed by atoms with van der Waals surface area (Å²) in [5.74, 6) is 0.00529. The van der Waals surface area contributed by atoms with E-state index in [2.05, 4.69) is 0 Å². The van der Waals surface area contributed by atoms with E-state index in [4.69, 9.17) is 4.74 Å². The Labute approximate surface area is 131 Å². The second-order valence-corrected chi connectivity index (χ2v) is 6.56. The minimum absolute atomic E-state index is 0.00529. The number of ether oxygens (including phenoxy) is 1. The van der Waals surface area contributed by atoms with Crippen LogP contribution in [0, 0.1) is 10.1 Å². The summed E-state index contributed by atoms with van der Waals surface area (Å²) in [7, 11) is -2.65. The van der Waals surface area contributed by atoms with Gasteiger partial charge in [-0.3, -0.25) is 10.1 Å². The molecule has 118 valence electrons. The number of methoxy groups -OCH3 is 1. The van der Waals surface area contributed by atoms with E-state index in [1.54, 1.807) is 24.3 Å². The summed E-state index contributed by atoms with van der Waals surface area (Å²) in [6.07, 6.45) is 1.30. The van der Waals surface area contributed by atoms with Crippen LogP contribution in [0.5, 0.6) is 5.75 Å². The van der Waals surface area contributed by atoms with E-state index in [0.717, 1.165) is 3.97 Å². The first-order chi connectivity index (χ1) is 11.0. The van der Waals surface area contributed by atoms with Gasteiger partial charge in [-0.1, -0.05) is 18.2 Å². The number of nitrogens with zero attached hydrogens (tertiary/aromatic N) is 2. The van der Waals surface area contributed by atoms with Gasteiger partial charge in [0.05, 0.1) is 16.9 Å². The number of hydrogen-bond donors (Lipinski definition) is 0. The maximum absolute atomic E-state index is 12.8. The van der Waals surface area contributed by atoms with Gasteiger partial charge in [0.1, 0.15) is 5.52 Å². The average Bonchev–Trinajstić information content (AvgIpc) is 2.99. The van der Waals surface area contributed by atoms with Gasteiger partial charge in [-0.05, 0) is 30.3 Å². The van der Waals surface area contributed by atoms with Crippen LogP contribution in [0.1, 0.15) is 0 Å². The van der Waals surface area contributed by atoms with Crippen molar-refractivity contribution in [2.24, 2.45) is 0 Å². The Morgan fingerprint density at radius 1 is 1.09 bits per heavy atom. The summed E-state index contributed by atoms with van der Waals surface area (Å²) in [5.41, 5.74) is -0.396. The molecule has 0 atom stereocenters. The number of aromatic nitrogens is 1. The lowest BCUT2D eigenvalue weighted by Crippen LogP contribution is -2.12. The van der Waals surface area contributed by atoms with Crippen LogP contribution in [-0.4, -0.2) is 24.4 Å². The Bertz CT molecular complexity index is 993. The first kappa shape index (κ1) is 15.0. The lowest BCUT2D eigenvalue weighted by molar-refractivity contribution is -0.384. The highest BCUT2D eigenvalue weighted by Gasteiger charge is 2.27. The smallest absolute Gasteiger partial charge is 0.335 e. The maximum Gasteiger partial charge on any atom is 0.335 e. The summed E-state index contributed by atoms with van der Waals surface area (Å²) in [6.45, 7) is 0. The molecule has 0 aliphatic rings. The summed E-state index contributed by atoms with van der Waals surface area (Å²) >= 11 is 0. The monoisotopic (exact) mass is 332 g/mol. The zero-order valence-corrected chi connectivity index (χ0v) is 12.9. The standard InChI is InChI=1S/C15H12N2O5S/c1-22-13-8-7-11-9-10-16(14(11)15(13)17(18)19)23(20,21)12-5-3-2-4-6-12/h2-10H,1H3. The number of benzene rings is 2. The molecule has 8 heteroatoms. The van der Waals surface area contributed by atoms with Crippen molar-refractivity contribution < 1.29 is 18.1 Å². The maximum atomic E-state index is 12.8. The highest BCUT2D eigenvalue weighted by molar-refractivity contribution is 7.90. The average molecular weight is 332 g/mol. The zero-order chi connectivity index (χ0) is 16.6. The van der Waals surface area contributed by atoms with Crippen LogP contribution in [0.15, 0.2) is 59.6 Å². The molecule has 0 saturated heterocycles. The molecular weight excluding hydrogens is 320 g/mol. The van der Waals surface area contributed by atoms with Gasteiger partial charge in [0, 0.05) is 11.6 Å². The molecule has 0 bridgehead atoms. The van der Waals surface area contributed by atoms with Crippen molar-refractivity contribution in [1.29, 1.82) is 0 Å². The van der Waals surface area contributed by atoms with Gasteiger partial charge in [-0.15, -0.1) is 0 Å². The van der Waals surface area contributed by atoms with E-state index in [9.17, 15) is 18.5 Å². The second-order valence-electron chi connectivity index (χ2n) is 4.74. The Morgan fingerprint density at radius 2 is 1.78 bits per heavy atom. The predicted molar refractivity (Wildman–Crippen MR) is 84.2 cm³/mol. The van der Waals surface area contributed by atoms with Crippen LogP contribution in [0.3, 0.4) is 0 Å². The largest absolute Gasteiger partial charge is 0.490 e. The third-order valence-electron chi connectivity index (χ3n) is 3.46. The fourth-order valence-corrected chi connectivity index (χ4v) is 3.79. The van der Waals surface area contributed by atoms with Crippen molar-refractivity contribution in [3.63, 3.8) is 0 Å². The minimum Gasteiger partial charge on any atom is -0.490 e. The van der Waals surface area contributed by atoms with Crippen molar-refractivity contribution in [1.82, 2.24) is 3.97 Å². The third-order valence-corrected chi connectivity index (χ3v) is 5.15. The van der Waals surface area contributed by atoms with Gasteiger partial charge in [0.25, 0.3) is 10.0 Å². The Kier molecular flexibility index (Phi) is 3.53. The first-order valence-electron chi connectivity index (χ1n) is 6.60. The van der Waals surface area contributed by atoms with Crippen molar-refractivity contribution >= 4 is 26.6 Å². The Balaban J connectivity index is 2.38. The van der Waals surface area contributed by atoms with E-state index in [1.807, 2.05) is 0 Å². The molecule has 0 saturated carbocycles. The highest BCUT2D eigenvalue weighted by atomic mass is 32.2. The molecule has 23 heavy (non-hydrogen) atoms. The van der Waals surface area contributed by atoms with Gasteiger partial charge in [-0.2, -0.15) is 0 Å². The number of nitro groups is 1. The van der Waals surface area contributed by atoms with Crippen molar-refractivity contribution in [2.75, 3.05) is 7.11 Å². The molecule has 7 nitrogen and oxygen atoms in total. The van der Waals surface area contributed by atoms with Crippen LogP contribution in [0.25, 0.3) is 10.9 Å². The SMILES string of the molecule is COc1ccc2ccn(S(=O)(=O)c3ccccc3)c2c1[N+](=O)[O-]. The lowest BCUT2D eigenvalue weighted by Gasteiger charge is -2.09. The van der Waals surface area contributed by atoms with E-state index in [1.165, 1.54) is 37.6 Å². The van der Waals surface area contributed by atoms with Crippen molar-refractivity contribution in [3.05, 3.63) is 64.8 Å². The molecular formula is C15H12N2O5S. The summed E-state index contributed by atoms with van der Waals surface area (Å²) in [6, 6.07) is 12.3. The van der Waals surface area contributed by atoms with E-state index >= 15 is 0 Å². The zero-order valence-electron chi connectivity index (χ0n) is 12.0. The molecule has 0 radical (unpaired) electrons. The first-order valence-corrected chi connectivity index (χ1v) is 8.04.